The summed E-state index contributed by atoms with van der Waals surface area (Å²) in [5.41, 5.74) is 3.06. The molecule has 0 radical (unpaired) electrons. The van der Waals surface area contributed by atoms with Gasteiger partial charge in [-0.3, -0.25) is 0 Å². The maximum absolute atomic E-state index is 8.84. The monoisotopic (exact) mass is 200 g/mol. The first-order chi connectivity index (χ1) is 7.20. The van der Waals surface area contributed by atoms with E-state index in [1.165, 1.54) is 18.5 Å². The maximum atomic E-state index is 8.84. The smallest absolute Gasteiger partial charge is 0.0994 e. The van der Waals surface area contributed by atoms with Gasteiger partial charge in [0.25, 0.3) is 0 Å². The van der Waals surface area contributed by atoms with Crippen molar-refractivity contribution in [1.29, 1.82) is 5.26 Å². The van der Waals surface area contributed by atoms with Crippen LogP contribution >= 0.6 is 0 Å². The van der Waals surface area contributed by atoms with Crippen LogP contribution in [0.2, 0.25) is 0 Å². The largest absolute Gasteiger partial charge is 0.374 e. The van der Waals surface area contributed by atoms with E-state index in [2.05, 4.69) is 24.1 Å². The van der Waals surface area contributed by atoms with Crippen LogP contribution in [-0.2, 0) is 0 Å². The third-order valence-electron chi connectivity index (χ3n) is 3.00. The van der Waals surface area contributed by atoms with E-state index in [0.717, 1.165) is 23.6 Å². The molecule has 2 heteroatoms. The summed E-state index contributed by atoms with van der Waals surface area (Å²) in [5, 5.41) is 8.84. The minimum absolute atomic E-state index is 0.776. The van der Waals surface area contributed by atoms with Crippen LogP contribution in [0.15, 0.2) is 18.2 Å². The quantitative estimate of drug-likeness (QED) is 0.750. The van der Waals surface area contributed by atoms with Crippen molar-refractivity contribution >= 4 is 5.69 Å². The van der Waals surface area contributed by atoms with Gasteiger partial charge in [0, 0.05) is 19.3 Å². The molecule has 2 nitrogen and oxygen atoms in total. The van der Waals surface area contributed by atoms with E-state index in [1.54, 1.807) is 0 Å². The molecule has 78 valence electrons. The predicted molar refractivity (Wildman–Crippen MR) is 61.9 cm³/mol. The second-order valence-electron chi connectivity index (χ2n) is 4.43. The zero-order valence-corrected chi connectivity index (χ0v) is 9.33. The summed E-state index contributed by atoms with van der Waals surface area (Å²) in [6, 6.07) is 8.24. The Hall–Kier alpha value is -1.49. The molecule has 0 spiro atoms. The van der Waals surface area contributed by atoms with Crippen molar-refractivity contribution in [3.05, 3.63) is 29.3 Å². The van der Waals surface area contributed by atoms with Gasteiger partial charge in [0.05, 0.1) is 11.6 Å². The first kappa shape index (κ1) is 10.0. The molecule has 15 heavy (non-hydrogen) atoms. The molecule has 0 saturated heterocycles. The molecule has 0 heterocycles. The Morgan fingerprint density at radius 2 is 2.20 bits per heavy atom. The van der Waals surface area contributed by atoms with E-state index in [-0.39, 0.29) is 0 Å². The molecule has 0 atom stereocenters. The molecule has 0 aromatic heterocycles. The molecule has 0 bridgehead atoms. The molecule has 0 amide bonds. The Morgan fingerprint density at radius 3 is 2.73 bits per heavy atom. The summed E-state index contributed by atoms with van der Waals surface area (Å²) in [6.45, 7) is 3.14. The van der Waals surface area contributed by atoms with Gasteiger partial charge in [0.2, 0.25) is 0 Å². The minimum atomic E-state index is 0.776. The third-order valence-corrected chi connectivity index (χ3v) is 3.00. The van der Waals surface area contributed by atoms with Crippen molar-refractivity contribution in [2.45, 2.75) is 19.8 Å². The molecular weight excluding hydrogens is 184 g/mol. The highest BCUT2D eigenvalue weighted by molar-refractivity contribution is 5.53. The van der Waals surface area contributed by atoms with Gasteiger partial charge in [-0.25, -0.2) is 0 Å². The number of anilines is 1. The standard InChI is InChI=1S/C13H16N2/c1-10-7-13(6-5-12(10)8-14)15(2)9-11-3-4-11/h5-7,11H,3-4,9H2,1-2H3. The second-order valence-corrected chi connectivity index (χ2v) is 4.43. The molecule has 2 rings (SSSR count). The average Bonchev–Trinajstić information content (AvgIpc) is 3.01. The van der Waals surface area contributed by atoms with Crippen LogP contribution in [0.4, 0.5) is 5.69 Å². The number of hydrogen-bond acceptors (Lipinski definition) is 2. The van der Waals surface area contributed by atoms with Gasteiger partial charge in [-0.1, -0.05) is 0 Å². The Morgan fingerprint density at radius 1 is 1.47 bits per heavy atom. The second kappa shape index (κ2) is 3.94. The number of aryl methyl sites for hydroxylation is 1. The lowest BCUT2D eigenvalue weighted by atomic mass is 10.1. The van der Waals surface area contributed by atoms with Crippen LogP contribution in [0.3, 0.4) is 0 Å². The molecule has 0 unspecified atom stereocenters. The van der Waals surface area contributed by atoms with Gasteiger partial charge in [-0.05, 0) is 49.4 Å². The molecule has 1 aromatic rings. The predicted octanol–water partition coefficient (Wildman–Crippen LogP) is 2.71. The number of nitriles is 1. The van der Waals surface area contributed by atoms with E-state index in [9.17, 15) is 0 Å². The van der Waals surface area contributed by atoms with Gasteiger partial charge in [-0.2, -0.15) is 5.26 Å². The number of hydrogen-bond donors (Lipinski definition) is 0. The summed E-state index contributed by atoms with van der Waals surface area (Å²) < 4.78 is 0. The van der Waals surface area contributed by atoms with Crippen LogP contribution in [-0.4, -0.2) is 13.6 Å². The van der Waals surface area contributed by atoms with E-state index < -0.39 is 0 Å². The lowest BCUT2D eigenvalue weighted by Gasteiger charge is -2.19. The van der Waals surface area contributed by atoms with E-state index >= 15 is 0 Å². The van der Waals surface area contributed by atoms with E-state index in [1.807, 2.05) is 19.1 Å². The fraction of sp³-hybridized carbons (Fsp3) is 0.462. The Kier molecular flexibility index (Phi) is 2.64. The van der Waals surface area contributed by atoms with Crippen LogP contribution in [0, 0.1) is 24.2 Å². The van der Waals surface area contributed by atoms with Crippen LogP contribution < -0.4 is 4.90 Å². The number of rotatable bonds is 3. The molecule has 1 aromatic carbocycles. The van der Waals surface area contributed by atoms with Crippen molar-refractivity contribution in [1.82, 2.24) is 0 Å². The third kappa shape index (κ3) is 2.30. The van der Waals surface area contributed by atoms with Gasteiger partial charge in [0.15, 0.2) is 0 Å². The van der Waals surface area contributed by atoms with Gasteiger partial charge in [0.1, 0.15) is 0 Å². The average molecular weight is 200 g/mol. The first-order valence-corrected chi connectivity index (χ1v) is 5.42. The molecule has 1 aliphatic rings. The molecule has 0 aliphatic heterocycles. The topological polar surface area (TPSA) is 27.0 Å². The number of nitrogens with zero attached hydrogens (tertiary/aromatic N) is 2. The minimum Gasteiger partial charge on any atom is -0.374 e. The highest BCUT2D eigenvalue weighted by Crippen LogP contribution is 2.31. The summed E-state index contributed by atoms with van der Waals surface area (Å²) >= 11 is 0. The number of benzene rings is 1. The Balaban J connectivity index is 2.14. The Bertz CT molecular complexity index is 399. The molecule has 1 aliphatic carbocycles. The molecular formula is C13H16N2. The van der Waals surface area contributed by atoms with Crippen molar-refractivity contribution in [2.24, 2.45) is 5.92 Å². The van der Waals surface area contributed by atoms with E-state index in [0.29, 0.717) is 0 Å². The molecule has 0 N–H and O–H groups in total. The lowest BCUT2D eigenvalue weighted by molar-refractivity contribution is 0.787. The zero-order valence-electron chi connectivity index (χ0n) is 9.33. The Labute approximate surface area is 91.1 Å². The van der Waals surface area contributed by atoms with Crippen molar-refractivity contribution in [3.63, 3.8) is 0 Å². The highest BCUT2D eigenvalue weighted by Gasteiger charge is 2.22. The molecule has 1 fully saturated rings. The lowest BCUT2D eigenvalue weighted by Crippen LogP contribution is -2.19. The zero-order chi connectivity index (χ0) is 10.8. The van der Waals surface area contributed by atoms with Gasteiger partial charge >= 0.3 is 0 Å². The highest BCUT2D eigenvalue weighted by atomic mass is 15.1. The van der Waals surface area contributed by atoms with Crippen molar-refractivity contribution in [3.8, 4) is 6.07 Å². The first-order valence-electron chi connectivity index (χ1n) is 5.42. The van der Waals surface area contributed by atoms with E-state index in [4.69, 9.17) is 5.26 Å². The van der Waals surface area contributed by atoms with Crippen molar-refractivity contribution < 1.29 is 0 Å². The van der Waals surface area contributed by atoms with Gasteiger partial charge in [-0.15, -0.1) is 0 Å². The van der Waals surface area contributed by atoms with Crippen LogP contribution in [0.1, 0.15) is 24.0 Å². The normalized spacial score (nSPS) is 14.7. The van der Waals surface area contributed by atoms with Crippen LogP contribution in [0.25, 0.3) is 0 Å². The van der Waals surface area contributed by atoms with Gasteiger partial charge < -0.3 is 4.90 Å². The van der Waals surface area contributed by atoms with Crippen molar-refractivity contribution in [2.75, 3.05) is 18.5 Å². The summed E-state index contributed by atoms with van der Waals surface area (Å²) in [5.74, 6) is 0.894. The maximum Gasteiger partial charge on any atom is 0.0994 e. The SMILES string of the molecule is Cc1cc(N(C)CC2CC2)ccc1C#N. The fourth-order valence-corrected chi connectivity index (χ4v) is 1.80. The summed E-state index contributed by atoms with van der Waals surface area (Å²) in [4.78, 5) is 2.28. The molecule has 1 saturated carbocycles. The summed E-state index contributed by atoms with van der Waals surface area (Å²) in [6.07, 6.45) is 2.75. The summed E-state index contributed by atoms with van der Waals surface area (Å²) in [7, 11) is 2.12. The fourth-order valence-electron chi connectivity index (χ4n) is 1.80. The van der Waals surface area contributed by atoms with Crippen LogP contribution in [0.5, 0.6) is 0 Å².